The fourth-order valence-corrected chi connectivity index (χ4v) is 3.48. The number of nitrogens with one attached hydrogen (secondary N) is 1. The van der Waals surface area contributed by atoms with E-state index in [1.165, 1.54) is 32.4 Å². The van der Waals surface area contributed by atoms with Crippen LogP contribution in [0.2, 0.25) is 5.02 Å². The summed E-state index contributed by atoms with van der Waals surface area (Å²) in [5.74, 6) is 0.394. The van der Waals surface area contributed by atoms with Crippen LogP contribution in [-0.4, -0.2) is 37.6 Å². The van der Waals surface area contributed by atoms with E-state index in [1.807, 2.05) is 0 Å². The minimum Gasteiger partial charge on any atom is -0.495 e. The average molecular weight is 443 g/mol. The summed E-state index contributed by atoms with van der Waals surface area (Å²) < 4.78 is 50.3. The molecule has 9 heteroatoms. The summed E-state index contributed by atoms with van der Waals surface area (Å²) in [4.78, 5) is 14.4. The van der Waals surface area contributed by atoms with Crippen LogP contribution >= 0.6 is 11.6 Å². The van der Waals surface area contributed by atoms with Crippen molar-refractivity contribution in [3.05, 3.63) is 52.5 Å². The van der Waals surface area contributed by atoms with Crippen LogP contribution < -0.4 is 14.8 Å². The van der Waals surface area contributed by atoms with Gasteiger partial charge in [0.2, 0.25) is 5.91 Å². The Labute approximate surface area is 177 Å². The number of amides is 1. The SMILES string of the molecule is COc1cc(OC)c(NC(=O)CN(Cc2ccccc2C(F)(F)F)C2CC2)cc1Cl. The fourth-order valence-electron chi connectivity index (χ4n) is 3.24. The number of rotatable bonds is 8. The van der Waals surface area contributed by atoms with Crippen LogP contribution in [0.25, 0.3) is 0 Å². The number of nitrogens with zero attached hydrogens (tertiary/aromatic N) is 1. The second-order valence-corrected chi connectivity index (χ2v) is 7.43. The first-order valence-electron chi connectivity index (χ1n) is 9.33. The molecule has 1 fully saturated rings. The lowest BCUT2D eigenvalue weighted by Gasteiger charge is -2.24. The first-order valence-corrected chi connectivity index (χ1v) is 9.71. The quantitative estimate of drug-likeness (QED) is 0.626. The highest BCUT2D eigenvalue weighted by Crippen LogP contribution is 2.37. The molecule has 1 saturated carbocycles. The molecule has 5 nitrogen and oxygen atoms in total. The van der Waals surface area contributed by atoms with Crippen LogP contribution in [0.3, 0.4) is 0 Å². The molecule has 1 aliphatic rings. The van der Waals surface area contributed by atoms with Gasteiger partial charge in [0.05, 0.1) is 37.0 Å². The maximum Gasteiger partial charge on any atom is 0.416 e. The van der Waals surface area contributed by atoms with Crippen LogP contribution in [0, 0.1) is 0 Å². The van der Waals surface area contributed by atoms with Gasteiger partial charge in [0.1, 0.15) is 11.5 Å². The first-order chi connectivity index (χ1) is 14.2. The summed E-state index contributed by atoms with van der Waals surface area (Å²) in [5, 5.41) is 3.03. The summed E-state index contributed by atoms with van der Waals surface area (Å²) in [5.41, 5.74) is -0.172. The van der Waals surface area contributed by atoms with Crippen molar-refractivity contribution in [2.45, 2.75) is 31.6 Å². The molecule has 1 N–H and O–H groups in total. The molecule has 0 aromatic heterocycles. The van der Waals surface area contributed by atoms with Gasteiger partial charge in [-0.15, -0.1) is 0 Å². The molecule has 1 amide bonds. The zero-order valence-corrected chi connectivity index (χ0v) is 17.3. The van der Waals surface area contributed by atoms with Gasteiger partial charge in [-0.05, 0) is 30.5 Å². The number of carbonyl (C=O) groups is 1. The number of ether oxygens (including phenoxy) is 2. The van der Waals surface area contributed by atoms with Crippen molar-refractivity contribution in [3.8, 4) is 11.5 Å². The molecule has 0 heterocycles. The Bertz CT molecular complexity index is 917. The summed E-state index contributed by atoms with van der Waals surface area (Å²) >= 11 is 6.13. The zero-order valence-electron chi connectivity index (χ0n) is 16.6. The van der Waals surface area contributed by atoms with Crippen molar-refractivity contribution in [3.63, 3.8) is 0 Å². The Hall–Kier alpha value is -2.45. The average Bonchev–Trinajstić information content (AvgIpc) is 3.52. The minimum atomic E-state index is -4.44. The molecule has 2 aromatic carbocycles. The number of halogens is 4. The lowest BCUT2D eigenvalue weighted by atomic mass is 10.1. The lowest BCUT2D eigenvalue weighted by molar-refractivity contribution is -0.138. The van der Waals surface area contributed by atoms with Crippen molar-refractivity contribution in [1.29, 1.82) is 0 Å². The predicted molar refractivity (Wildman–Crippen MR) is 108 cm³/mol. The molecule has 3 rings (SSSR count). The monoisotopic (exact) mass is 442 g/mol. The third-order valence-electron chi connectivity index (χ3n) is 4.85. The van der Waals surface area contributed by atoms with Crippen molar-refractivity contribution in [2.75, 3.05) is 26.1 Å². The van der Waals surface area contributed by atoms with Gasteiger partial charge in [0.15, 0.2) is 0 Å². The Balaban J connectivity index is 1.75. The molecule has 0 aliphatic heterocycles. The Morgan fingerprint density at radius 2 is 1.83 bits per heavy atom. The molecule has 0 unspecified atom stereocenters. The van der Waals surface area contributed by atoms with E-state index in [2.05, 4.69) is 5.32 Å². The van der Waals surface area contributed by atoms with E-state index < -0.39 is 11.7 Å². The largest absolute Gasteiger partial charge is 0.495 e. The number of anilines is 1. The van der Waals surface area contributed by atoms with Gasteiger partial charge in [-0.25, -0.2) is 0 Å². The van der Waals surface area contributed by atoms with Crippen LogP contribution in [-0.2, 0) is 17.5 Å². The van der Waals surface area contributed by atoms with Crippen molar-refractivity contribution in [2.24, 2.45) is 0 Å². The Morgan fingerprint density at radius 3 is 2.43 bits per heavy atom. The van der Waals surface area contributed by atoms with Gasteiger partial charge >= 0.3 is 6.18 Å². The third-order valence-corrected chi connectivity index (χ3v) is 5.15. The highest BCUT2D eigenvalue weighted by atomic mass is 35.5. The van der Waals surface area contributed by atoms with Gasteiger partial charge < -0.3 is 14.8 Å². The van der Waals surface area contributed by atoms with Gasteiger partial charge in [0.25, 0.3) is 0 Å². The van der Waals surface area contributed by atoms with Gasteiger partial charge in [-0.2, -0.15) is 13.2 Å². The van der Waals surface area contributed by atoms with Gasteiger partial charge in [-0.1, -0.05) is 29.8 Å². The predicted octanol–water partition coefficient (Wildman–Crippen LogP) is 4.98. The van der Waals surface area contributed by atoms with E-state index in [9.17, 15) is 18.0 Å². The van der Waals surface area contributed by atoms with E-state index in [0.29, 0.717) is 22.2 Å². The number of methoxy groups -OCH3 is 2. The van der Waals surface area contributed by atoms with Crippen LogP contribution in [0.5, 0.6) is 11.5 Å². The van der Waals surface area contributed by atoms with E-state index >= 15 is 0 Å². The fraction of sp³-hybridized carbons (Fsp3) is 0.381. The molecule has 162 valence electrons. The molecular weight excluding hydrogens is 421 g/mol. The van der Waals surface area contributed by atoms with Crippen LogP contribution in [0.1, 0.15) is 24.0 Å². The second-order valence-electron chi connectivity index (χ2n) is 7.03. The summed E-state index contributed by atoms with van der Waals surface area (Å²) in [7, 11) is 2.91. The third kappa shape index (κ3) is 5.37. The number of hydrogen-bond acceptors (Lipinski definition) is 4. The van der Waals surface area contributed by atoms with E-state index in [0.717, 1.165) is 18.9 Å². The topological polar surface area (TPSA) is 50.8 Å². The number of hydrogen-bond donors (Lipinski definition) is 1. The minimum absolute atomic E-state index is 0.0360. The van der Waals surface area contributed by atoms with Crippen molar-refractivity contribution in [1.82, 2.24) is 4.90 Å². The maximum atomic E-state index is 13.3. The van der Waals surface area contributed by atoms with Crippen LogP contribution in [0.4, 0.5) is 18.9 Å². The van der Waals surface area contributed by atoms with Gasteiger partial charge in [-0.3, -0.25) is 9.69 Å². The zero-order chi connectivity index (χ0) is 21.9. The molecular formula is C21H22ClF3N2O3. The molecule has 1 aliphatic carbocycles. The lowest BCUT2D eigenvalue weighted by Crippen LogP contribution is -2.35. The second kappa shape index (κ2) is 9.14. The number of alkyl halides is 3. The smallest absolute Gasteiger partial charge is 0.416 e. The highest BCUT2D eigenvalue weighted by molar-refractivity contribution is 6.32. The molecule has 0 bridgehead atoms. The van der Waals surface area contributed by atoms with Crippen LogP contribution in [0.15, 0.2) is 36.4 Å². The van der Waals surface area contributed by atoms with Gasteiger partial charge in [0, 0.05) is 18.7 Å². The Morgan fingerprint density at radius 1 is 1.17 bits per heavy atom. The molecule has 0 spiro atoms. The van der Waals surface area contributed by atoms with Crippen molar-refractivity contribution >= 4 is 23.2 Å². The molecule has 2 aromatic rings. The highest BCUT2D eigenvalue weighted by Gasteiger charge is 2.36. The molecule has 0 radical (unpaired) electrons. The molecule has 30 heavy (non-hydrogen) atoms. The molecule has 0 atom stereocenters. The Kier molecular flexibility index (Phi) is 6.77. The summed E-state index contributed by atoms with van der Waals surface area (Å²) in [6.45, 7) is -0.0159. The van der Waals surface area contributed by atoms with E-state index in [-0.39, 0.29) is 30.6 Å². The first kappa shape index (κ1) is 22.2. The summed E-state index contributed by atoms with van der Waals surface area (Å²) in [6.07, 6.45) is -2.75. The van der Waals surface area contributed by atoms with E-state index in [4.69, 9.17) is 21.1 Å². The summed E-state index contributed by atoms with van der Waals surface area (Å²) in [6, 6.07) is 8.58. The number of benzene rings is 2. The molecule has 0 saturated heterocycles. The van der Waals surface area contributed by atoms with E-state index in [1.54, 1.807) is 17.0 Å². The number of carbonyl (C=O) groups excluding carboxylic acids is 1. The standard InChI is InChI=1S/C21H22ClF3N2O3/c1-29-18-10-19(30-2)17(9-16(18)22)26-20(28)12-27(14-7-8-14)11-13-5-3-4-6-15(13)21(23,24)25/h3-6,9-10,14H,7-8,11-12H2,1-2H3,(H,26,28). The maximum absolute atomic E-state index is 13.3. The normalized spacial score (nSPS) is 14.0. The van der Waals surface area contributed by atoms with Crippen molar-refractivity contribution < 1.29 is 27.4 Å².